The van der Waals surface area contributed by atoms with Gasteiger partial charge in [-0.25, -0.2) is 8.42 Å². The lowest BCUT2D eigenvalue weighted by atomic mass is 9.68. The number of anilines is 1. The lowest BCUT2D eigenvalue weighted by molar-refractivity contribution is -1.08. The molecule has 2 N–H and O–H groups in total. The molecule has 3 fully saturated rings. The van der Waals surface area contributed by atoms with E-state index in [9.17, 15) is 13.5 Å². The van der Waals surface area contributed by atoms with Gasteiger partial charge in [-0.3, -0.25) is 0 Å². The highest BCUT2D eigenvalue weighted by atomic mass is 35.5. The molecule has 0 unspecified atom stereocenters. The van der Waals surface area contributed by atoms with E-state index in [0.29, 0.717) is 29.9 Å². The molecule has 9 heteroatoms. The third-order valence-electron chi connectivity index (χ3n) is 11.7. The van der Waals surface area contributed by atoms with Gasteiger partial charge >= 0.3 is 0 Å². The fraction of sp³-hybridized carbons (Fsp3) is 0.550. The Morgan fingerprint density at radius 3 is 2.04 bits per heavy atom. The van der Waals surface area contributed by atoms with Crippen LogP contribution >= 0.6 is 0 Å². The van der Waals surface area contributed by atoms with Crippen LogP contribution in [-0.2, 0) is 23.0 Å². The fourth-order valence-corrected chi connectivity index (χ4v) is 10.8. The first-order chi connectivity index (χ1) is 23.1. The molecule has 268 valence electrons. The number of benzene rings is 3. The van der Waals surface area contributed by atoms with Crippen LogP contribution in [-0.4, -0.2) is 83.2 Å². The number of hydrogen-bond acceptors (Lipinski definition) is 5. The van der Waals surface area contributed by atoms with Crippen LogP contribution in [0, 0.1) is 5.41 Å². The zero-order valence-corrected chi connectivity index (χ0v) is 31.5. The van der Waals surface area contributed by atoms with Crippen molar-refractivity contribution in [3.63, 3.8) is 0 Å². The smallest absolute Gasteiger partial charge is 0.179 e. The Hall–Kier alpha value is -2.62. The van der Waals surface area contributed by atoms with Crippen LogP contribution in [0.15, 0.2) is 71.6 Å². The average molecular weight is 711 g/mol. The zero-order chi connectivity index (χ0) is 33.9. The van der Waals surface area contributed by atoms with Crippen molar-refractivity contribution in [1.29, 1.82) is 0 Å². The largest absolute Gasteiger partial charge is 1.00 e. The minimum Gasteiger partial charge on any atom is -1.00 e. The molecule has 7 rings (SSSR count). The topological polar surface area (TPSA) is 71.3 Å². The Bertz CT molecular complexity index is 1620. The molecule has 2 atom stereocenters. The second-order valence-electron chi connectivity index (χ2n) is 15.2. The Morgan fingerprint density at radius 1 is 0.878 bits per heavy atom. The molecule has 2 bridgehead atoms. The van der Waals surface area contributed by atoms with E-state index in [1.54, 1.807) is 11.0 Å². The summed E-state index contributed by atoms with van der Waals surface area (Å²) in [6.07, 6.45) is 4.22. The summed E-state index contributed by atoms with van der Waals surface area (Å²) in [6, 6.07) is 22.5. The van der Waals surface area contributed by atoms with Crippen molar-refractivity contribution in [2.75, 3.05) is 64.0 Å². The number of fused-ring (bicyclic) bond motifs is 4. The van der Waals surface area contributed by atoms with Gasteiger partial charge in [-0.1, -0.05) is 75.9 Å². The van der Waals surface area contributed by atoms with E-state index < -0.39 is 27.3 Å². The molecular formula is C40H57ClN3O4S+. The second-order valence-corrected chi connectivity index (χ2v) is 17.2. The van der Waals surface area contributed by atoms with Crippen molar-refractivity contribution in [1.82, 2.24) is 0 Å². The molecule has 4 heterocycles. The quantitative estimate of drug-likeness (QED) is 0.267. The number of halogens is 1. The van der Waals surface area contributed by atoms with Crippen molar-refractivity contribution < 1.29 is 40.1 Å². The van der Waals surface area contributed by atoms with Crippen molar-refractivity contribution in [3.05, 3.63) is 89.0 Å². The lowest BCUT2D eigenvalue weighted by Gasteiger charge is -2.48. The van der Waals surface area contributed by atoms with Gasteiger partial charge in [0.15, 0.2) is 9.84 Å². The second kappa shape index (κ2) is 15.7. The minimum absolute atomic E-state index is 0. The normalized spacial score (nSPS) is 25.1. The highest BCUT2D eigenvalue weighted by molar-refractivity contribution is 7.91. The summed E-state index contributed by atoms with van der Waals surface area (Å²) in [5, 5.41) is 12.4. The van der Waals surface area contributed by atoms with E-state index in [4.69, 9.17) is 4.74 Å². The van der Waals surface area contributed by atoms with Crippen LogP contribution in [0.2, 0.25) is 0 Å². The molecule has 0 spiro atoms. The minimum atomic E-state index is -3.63. The first kappa shape index (κ1) is 37.6. The molecule has 49 heavy (non-hydrogen) atoms. The Kier molecular flexibility index (Phi) is 12.1. The number of sulfone groups is 1. The van der Waals surface area contributed by atoms with E-state index in [1.165, 1.54) is 49.3 Å². The Morgan fingerprint density at radius 2 is 1.47 bits per heavy atom. The number of nitrogens with zero attached hydrogens (tertiary/aromatic N) is 2. The van der Waals surface area contributed by atoms with Crippen molar-refractivity contribution >= 4 is 15.5 Å². The predicted octanol–water partition coefficient (Wildman–Crippen LogP) is 2.21. The number of aliphatic hydroxyl groups excluding tert-OH is 1. The van der Waals surface area contributed by atoms with Crippen LogP contribution in [0.1, 0.15) is 80.5 Å². The summed E-state index contributed by atoms with van der Waals surface area (Å²) in [4.78, 5) is 4.12. The van der Waals surface area contributed by atoms with Crippen LogP contribution in [0.25, 0.3) is 0 Å². The van der Waals surface area contributed by atoms with Gasteiger partial charge in [0.2, 0.25) is 0 Å². The van der Waals surface area contributed by atoms with Gasteiger partial charge < -0.3 is 36.5 Å². The van der Waals surface area contributed by atoms with Crippen LogP contribution < -0.4 is 26.9 Å². The zero-order valence-electron chi connectivity index (χ0n) is 30.0. The van der Waals surface area contributed by atoms with Gasteiger partial charge in [0, 0.05) is 36.7 Å². The van der Waals surface area contributed by atoms with Gasteiger partial charge in [-0.2, -0.15) is 0 Å². The van der Waals surface area contributed by atoms with Crippen molar-refractivity contribution in [3.8, 4) is 5.75 Å². The number of hydrogen-bond donors (Lipinski definition) is 2. The van der Waals surface area contributed by atoms with E-state index in [-0.39, 0.29) is 18.2 Å². The van der Waals surface area contributed by atoms with Crippen LogP contribution in [0.4, 0.5) is 5.69 Å². The maximum atomic E-state index is 14.1. The third-order valence-corrected chi connectivity index (χ3v) is 13.7. The lowest BCUT2D eigenvalue weighted by Crippen LogP contribution is -3.19. The molecule has 3 saturated heterocycles. The number of unbranched alkanes of at least 4 members (excludes halogenated alkanes) is 2. The monoisotopic (exact) mass is 710 g/mol. The number of nitrogens with one attached hydrogen (secondary N) is 1. The summed E-state index contributed by atoms with van der Waals surface area (Å²) < 4.78 is 35.7. The summed E-state index contributed by atoms with van der Waals surface area (Å²) in [5.74, 6) is 0.269. The molecule has 3 aromatic rings. The molecule has 4 aliphatic rings. The van der Waals surface area contributed by atoms with E-state index in [1.807, 2.05) is 55.4 Å². The Labute approximate surface area is 301 Å². The predicted molar refractivity (Wildman–Crippen MR) is 193 cm³/mol. The van der Waals surface area contributed by atoms with Crippen LogP contribution in [0.3, 0.4) is 0 Å². The highest BCUT2D eigenvalue weighted by Gasteiger charge is 2.49. The third kappa shape index (κ3) is 8.15. The average Bonchev–Trinajstić information content (AvgIpc) is 3.17. The van der Waals surface area contributed by atoms with E-state index >= 15 is 0 Å². The number of rotatable bonds is 13. The van der Waals surface area contributed by atoms with Crippen molar-refractivity contribution in [2.24, 2.45) is 5.41 Å². The van der Waals surface area contributed by atoms with Crippen LogP contribution in [0.5, 0.6) is 5.75 Å². The van der Waals surface area contributed by atoms with E-state index in [0.717, 1.165) is 54.8 Å². The van der Waals surface area contributed by atoms with Gasteiger partial charge in [0.25, 0.3) is 0 Å². The maximum absolute atomic E-state index is 14.1. The summed E-state index contributed by atoms with van der Waals surface area (Å²) in [7, 11) is 0.293. The number of aliphatic hydroxyl groups is 1. The maximum Gasteiger partial charge on any atom is 0.179 e. The number of piperazine rings is 3. The number of quaternary nitrogens is 2. The SMILES string of the molecule is CCCCC1(CCCC)CS(=O)(=O)c2ccc(N(C)C)cc2[C@@H](c2ccc(OCc3ccc(C[N+]45CC[NH+](CC4)CC5)cc3)cc2)[C@H]1O.[Cl-]. The molecule has 4 aliphatic heterocycles. The van der Waals surface area contributed by atoms with Gasteiger partial charge in [0.05, 0.1) is 16.8 Å². The molecule has 0 aliphatic carbocycles. The molecule has 0 radical (unpaired) electrons. The summed E-state index contributed by atoms with van der Waals surface area (Å²) in [5.41, 5.74) is 4.35. The van der Waals surface area contributed by atoms with E-state index in [2.05, 4.69) is 38.1 Å². The van der Waals surface area contributed by atoms with Gasteiger partial charge in [-0.05, 0) is 59.9 Å². The molecular weight excluding hydrogens is 654 g/mol. The molecule has 0 saturated carbocycles. The van der Waals surface area contributed by atoms with Gasteiger partial charge in [-0.15, -0.1) is 0 Å². The standard InChI is InChI=1S/C40H56N3O4S.ClH/c1-5-7-19-40(20-8-6-2)30-48(45,46)37-18-15-34(41(3)4)27-36(37)38(39(40)44)33-13-16-35(17-14-33)47-29-32-11-9-31(10-12-32)28-43-24-21-42(22-25-43)23-26-43;/h9-18,27,38-39,44H,5-8,19-26,28-30H2,1-4H3;1H/q+1;/t38-,39-;/m1./s1. The highest BCUT2D eigenvalue weighted by Crippen LogP contribution is 2.50. The first-order valence-electron chi connectivity index (χ1n) is 18.3. The molecule has 0 aromatic heterocycles. The van der Waals surface area contributed by atoms with Gasteiger partial charge in [0.1, 0.15) is 58.2 Å². The molecule has 7 nitrogen and oxygen atoms in total. The Balaban J connectivity index is 0.00000468. The summed E-state index contributed by atoms with van der Waals surface area (Å²) in [6.45, 7) is 13.7. The molecule has 3 aromatic carbocycles. The molecule has 0 amide bonds. The fourth-order valence-electron chi connectivity index (χ4n) is 8.59. The van der Waals surface area contributed by atoms with Crippen molar-refractivity contribution in [2.45, 2.75) is 82.4 Å². The number of ether oxygens (including phenoxy) is 1. The first-order valence-corrected chi connectivity index (χ1v) is 19.9. The summed E-state index contributed by atoms with van der Waals surface area (Å²) >= 11 is 0.